The molecule has 0 fully saturated rings. The number of carbonyl (C=O) groups is 1. The lowest BCUT2D eigenvalue weighted by atomic mass is 9.89. The minimum absolute atomic E-state index is 0.0850. The fourth-order valence-electron chi connectivity index (χ4n) is 3.16. The third kappa shape index (κ3) is 2.79. The molecule has 1 amide bonds. The van der Waals surface area contributed by atoms with E-state index < -0.39 is 0 Å². The van der Waals surface area contributed by atoms with Crippen LogP contribution < -0.4 is 5.32 Å². The number of aryl methyl sites for hydroxylation is 1. The molecule has 5 heteroatoms. The monoisotopic (exact) mass is 303 g/mol. The molecule has 0 aromatic carbocycles. The van der Waals surface area contributed by atoms with Gasteiger partial charge in [0.1, 0.15) is 0 Å². The first-order valence-electron chi connectivity index (χ1n) is 7.58. The standard InChI is InChI=1S/C16H21N3OS/c1-9(2)7-11-8-12-14(16(20)18-11)10(3)21-15(12)13-5-4-6-17-19-13/h6,9,11H,4-5,7-8H2,1-3H3,(H,18,20). The summed E-state index contributed by atoms with van der Waals surface area (Å²) in [5, 5.41) is 11.5. The minimum Gasteiger partial charge on any atom is -0.349 e. The SMILES string of the molecule is Cc1sc(C2=NN=CCC2)c2c1C(=O)NC(CC(C)C)C2. The summed E-state index contributed by atoms with van der Waals surface area (Å²) in [7, 11) is 0. The maximum Gasteiger partial charge on any atom is 0.252 e. The first-order valence-corrected chi connectivity index (χ1v) is 8.39. The van der Waals surface area contributed by atoms with Crippen molar-refractivity contribution in [3.63, 3.8) is 0 Å². The van der Waals surface area contributed by atoms with E-state index in [9.17, 15) is 4.79 Å². The number of nitrogens with zero attached hydrogens (tertiary/aromatic N) is 2. The van der Waals surface area contributed by atoms with Gasteiger partial charge in [0.25, 0.3) is 5.91 Å². The number of hydrogen-bond donors (Lipinski definition) is 1. The summed E-state index contributed by atoms with van der Waals surface area (Å²) in [5.41, 5.74) is 3.12. The van der Waals surface area contributed by atoms with Crippen molar-refractivity contribution >= 4 is 29.2 Å². The Labute approximate surface area is 129 Å². The number of fused-ring (bicyclic) bond motifs is 1. The normalized spacial score (nSPS) is 21.2. The third-order valence-electron chi connectivity index (χ3n) is 3.98. The molecule has 3 heterocycles. The second kappa shape index (κ2) is 5.72. The first-order chi connectivity index (χ1) is 10.1. The maximum atomic E-state index is 12.4. The van der Waals surface area contributed by atoms with Crippen molar-refractivity contribution in [2.24, 2.45) is 16.1 Å². The molecule has 3 rings (SSSR count). The van der Waals surface area contributed by atoms with Gasteiger partial charge in [-0.2, -0.15) is 10.2 Å². The molecular weight excluding hydrogens is 282 g/mol. The molecule has 21 heavy (non-hydrogen) atoms. The van der Waals surface area contributed by atoms with Crippen LogP contribution in [0.2, 0.25) is 0 Å². The van der Waals surface area contributed by atoms with Gasteiger partial charge >= 0.3 is 0 Å². The highest BCUT2D eigenvalue weighted by Gasteiger charge is 2.31. The van der Waals surface area contributed by atoms with Gasteiger partial charge in [0.05, 0.1) is 16.2 Å². The summed E-state index contributed by atoms with van der Waals surface area (Å²) < 4.78 is 0. The second-order valence-corrected chi connectivity index (χ2v) is 7.45. The van der Waals surface area contributed by atoms with E-state index in [1.54, 1.807) is 11.3 Å². The van der Waals surface area contributed by atoms with Crippen molar-refractivity contribution in [2.45, 2.75) is 52.5 Å². The molecule has 2 aliphatic rings. The number of hydrogen-bond acceptors (Lipinski definition) is 4. The Kier molecular flexibility index (Phi) is 3.93. The van der Waals surface area contributed by atoms with Crippen molar-refractivity contribution in [1.29, 1.82) is 0 Å². The zero-order valence-electron chi connectivity index (χ0n) is 12.8. The lowest BCUT2D eigenvalue weighted by Crippen LogP contribution is -2.42. The van der Waals surface area contributed by atoms with Gasteiger partial charge in [0.15, 0.2) is 0 Å². The minimum atomic E-state index is 0.0850. The van der Waals surface area contributed by atoms with Crippen molar-refractivity contribution in [1.82, 2.24) is 5.32 Å². The summed E-state index contributed by atoms with van der Waals surface area (Å²) in [6.07, 6.45) is 5.65. The smallest absolute Gasteiger partial charge is 0.252 e. The molecule has 2 aliphatic heterocycles. The van der Waals surface area contributed by atoms with Crippen LogP contribution in [0, 0.1) is 12.8 Å². The van der Waals surface area contributed by atoms with E-state index in [0.29, 0.717) is 5.92 Å². The average Bonchev–Trinajstić information content (AvgIpc) is 2.76. The van der Waals surface area contributed by atoms with Crippen LogP contribution in [0.1, 0.15) is 58.8 Å². The van der Waals surface area contributed by atoms with Crippen LogP contribution in [0.15, 0.2) is 10.2 Å². The Hall–Kier alpha value is -1.49. The highest BCUT2D eigenvalue weighted by Crippen LogP contribution is 2.34. The highest BCUT2D eigenvalue weighted by molar-refractivity contribution is 7.14. The van der Waals surface area contributed by atoms with E-state index in [1.165, 1.54) is 10.4 Å². The first kappa shape index (κ1) is 14.4. The molecule has 0 spiro atoms. The van der Waals surface area contributed by atoms with Gasteiger partial charge in [-0.3, -0.25) is 4.79 Å². The van der Waals surface area contributed by atoms with Crippen molar-refractivity contribution < 1.29 is 4.79 Å². The van der Waals surface area contributed by atoms with Crippen LogP contribution in [-0.2, 0) is 6.42 Å². The van der Waals surface area contributed by atoms with Gasteiger partial charge < -0.3 is 5.32 Å². The molecule has 1 aromatic rings. The molecule has 0 saturated carbocycles. The second-order valence-electron chi connectivity index (χ2n) is 6.23. The summed E-state index contributed by atoms with van der Waals surface area (Å²) in [6, 6.07) is 0.241. The number of carbonyl (C=O) groups excluding carboxylic acids is 1. The van der Waals surface area contributed by atoms with Gasteiger partial charge in [-0.1, -0.05) is 13.8 Å². The third-order valence-corrected chi connectivity index (χ3v) is 5.18. The lowest BCUT2D eigenvalue weighted by molar-refractivity contribution is 0.0920. The van der Waals surface area contributed by atoms with Crippen LogP contribution in [0.3, 0.4) is 0 Å². The van der Waals surface area contributed by atoms with Gasteiger partial charge in [0, 0.05) is 17.1 Å². The largest absolute Gasteiger partial charge is 0.349 e. The van der Waals surface area contributed by atoms with Gasteiger partial charge in [-0.25, -0.2) is 0 Å². The molecule has 1 atom stereocenters. The van der Waals surface area contributed by atoms with Gasteiger partial charge in [-0.15, -0.1) is 11.3 Å². The Morgan fingerprint density at radius 3 is 2.95 bits per heavy atom. The quantitative estimate of drug-likeness (QED) is 0.915. The predicted octanol–water partition coefficient (Wildman–Crippen LogP) is 3.33. The fraction of sp³-hybridized carbons (Fsp3) is 0.562. The van der Waals surface area contributed by atoms with Crippen LogP contribution in [0.25, 0.3) is 0 Å². The van der Waals surface area contributed by atoms with Crippen LogP contribution in [0.4, 0.5) is 0 Å². The molecule has 1 unspecified atom stereocenters. The zero-order chi connectivity index (χ0) is 15.0. The Bertz CT molecular complexity index is 628. The molecule has 1 N–H and O–H groups in total. The van der Waals surface area contributed by atoms with Crippen LogP contribution >= 0.6 is 11.3 Å². The van der Waals surface area contributed by atoms with Gasteiger partial charge in [-0.05, 0) is 44.1 Å². The number of nitrogens with one attached hydrogen (secondary N) is 1. The van der Waals surface area contributed by atoms with E-state index in [-0.39, 0.29) is 11.9 Å². The number of thiophene rings is 1. The Balaban J connectivity index is 1.99. The maximum absolute atomic E-state index is 12.4. The highest BCUT2D eigenvalue weighted by atomic mass is 32.1. The molecule has 1 aromatic heterocycles. The lowest BCUT2D eigenvalue weighted by Gasteiger charge is -2.26. The van der Waals surface area contributed by atoms with E-state index in [0.717, 1.165) is 41.8 Å². The Morgan fingerprint density at radius 2 is 2.29 bits per heavy atom. The van der Waals surface area contributed by atoms with Crippen molar-refractivity contribution in [2.75, 3.05) is 0 Å². The van der Waals surface area contributed by atoms with Crippen LogP contribution in [-0.4, -0.2) is 23.9 Å². The molecule has 0 radical (unpaired) electrons. The molecule has 0 bridgehead atoms. The molecular formula is C16H21N3OS. The van der Waals surface area contributed by atoms with Gasteiger partial charge in [0.2, 0.25) is 0 Å². The molecule has 112 valence electrons. The zero-order valence-corrected chi connectivity index (χ0v) is 13.6. The van der Waals surface area contributed by atoms with Crippen molar-refractivity contribution in [3.05, 3.63) is 20.9 Å². The topological polar surface area (TPSA) is 53.8 Å². The molecule has 0 aliphatic carbocycles. The summed E-state index contributed by atoms with van der Waals surface area (Å²) in [5.74, 6) is 0.665. The van der Waals surface area contributed by atoms with E-state index >= 15 is 0 Å². The number of amides is 1. The molecule has 4 nitrogen and oxygen atoms in total. The Morgan fingerprint density at radius 1 is 1.48 bits per heavy atom. The van der Waals surface area contributed by atoms with E-state index in [2.05, 4.69) is 29.4 Å². The fourth-order valence-corrected chi connectivity index (χ4v) is 4.35. The van der Waals surface area contributed by atoms with E-state index in [4.69, 9.17) is 0 Å². The average molecular weight is 303 g/mol. The number of rotatable bonds is 3. The van der Waals surface area contributed by atoms with Crippen molar-refractivity contribution in [3.8, 4) is 0 Å². The van der Waals surface area contributed by atoms with Crippen LogP contribution in [0.5, 0.6) is 0 Å². The summed E-state index contributed by atoms with van der Waals surface area (Å²) >= 11 is 1.70. The summed E-state index contributed by atoms with van der Waals surface area (Å²) in [6.45, 7) is 6.42. The van der Waals surface area contributed by atoms with E-state index in [1.807, 2.05) is 13.1 Å². The summed E-state index contributed by atoms with van der Waals surface area (Å²) in [4.78, 5) is 14.7. The predicted molar refractivity (Wildman–Crippen MR) is 87.7 cm³/mol. The molecule has 0 saturated heterocycles.